The first-order valence-corrected chi connectivity index (χ1v) is 9.54. The first-order valence-electron chi connectivity index (χ1n) is 9.16. The average molecular weight is 374 g/mol. The predicted molar refractivity (Wildman–Crippen MR) is 108 cm³/mol. The highest BCUT2D eigenvalue weighted by atomic mass is 35.5. The zero-order chi connectivity index (χ0) is 19.1. The summed E-state index contributed by atoms with van der Waals surface area (Å²) in [5.41, 5.74) is 3.58. The number of amides is 1. The van der Waals surface area contributed by atoms with Crippen LogP contribution in [0.4, 0.5) is 0 Å². The van der Waals surface area contributed by atoms with E-state index in [4.69, 9.17) is 16.3 Å². The molecule has 0 saturated heterocycles. The van der Waals surface area contributed by atoms with Crippen molar-refractivity contribution in [3.8, 4) is 5.75 Å². The Kier molecular flexibility index (Phi) is 7.52. The summed E-state index contributed by atoms with van der Waals surface area (Å²) in [4.78, 5) is 12.2. The van der Waals surface area contributed by atoms with Crippen LogP contribution in [0.5, 0.6) is 5.75 Å². The minimum atomic E-state index is -0.541. The second-order valence-corrected chi connectivity index (χ2v) is 7.37. The molecule has 0 aliphatic carbocycles. The van der Waals surface area contributed by atoms with Crippen LogP contribution in [0.25, 0.3) is 0 Å². The molecule has 2 rings (SSSR count). The molecule has 0 radical (unpaired) electrons. The fourth-order valence-corrected chi connectivity index (χ4v) is 2.78. The van der Waals surface area contributed by atoms with Crippen LogP contribution >= 0.6 is 11.6 Å². The van der Waals surface area contributed by atoms with Crippen molar-refractivity contribution in [2.24, 2.45) is 0 Å². The number of rotatable bonds is 8. The van der Waals surface area contributed by atoms with Gasteiger partial charge in [0.25, 0.3) is 5.91 Å². The molecular formula is C22H28ClNO2. The van der Waals surface area contributed by atoms with Gasteiger partial charge in [-0.15, -0.1) is 0 Å². The van der Waals surface area contributed by atoms with E-state index in [0.29, 0.717) is 23.2 Å². The van der Waals surface area contributed by atoms with Gasteiger partial charge in [-0.3, -0.25) is 4.79 Å². The van der Waals surface area contributed by atoms with E-state index >= 15 is 0 Å². The van der Waals surface area contributed by atoms with Gasteiger partial charge in [-0.2, -0.15) is 0 Å². The summed E-state index contributed by atoms with van der Waals surface area (Å²) in [5, 5.41) is 3.63. The van der Waals surface area contributed by atoms with Crippen molar-refractivity contribution in [3.05, 3.63) is 64.2 Å². The normalized spacial score (nSPS) is 12.1. The highest BCUT2D eigenvalue weighted by Gasteiger charge is 2.14. The summed E-state index contributed by atoms with van der Waals surface area (Å²) in [5.74, 6) is 1.10. The van der Waals surface area contributed by atoms with Crippen molar-refractivity contribution in [1.82, 2.24) is 5.32 Å². The Balaban J connectivity index is 1.72. The number of ether oxygens (including phenoxy) is 1. The Morgan fingerprint density at radius 2 is 1.81 bits per heavy atom. The van der Waals surface area contributed by atoms with Gasteiger partial charge < -0.3 is 10.1 Å². The molecule has 2 aromatic rings. The Morgan fingerprint density at radius 1 is 1.12 bits per heavy atom. The van der Waals surface area contributed by atoms with Gasteiger partial charge in [0.15, 0.2) is 6.10 Å². The van der Waals surface area contributed by atoms with Crippen LogP contribution in [0, 0.1) is 6.92 Å². The molecule has 0 heterocycles. The first kappa shape index (κ1) is 20.3. The quantitative estimate of drug-likeness (QED) is 0.638. The van der Waals surface area contributed by atoms with Crippen LogP contribution < -0.4 is 10.1 Å². The number of hydrogen-bond acceptors (Lipinski definition) is 2. The molecule has 1 amide bonds. The molecule has 3 nitrogen and oxygen atoms in total. The smallest absolute Gasteiger partial charge is 0.260 e. The molecule has 1 atom stereocenters. The molecule has 0 fully saturated rings. The Hall–Kier alpha value is -2.00. The molecule has 0 aliphatic heterocycles. The SMILES string of the molecule is Cc1cc(OC(C)C(=O)NCCCc2ccc(C(C)C)cc2)ccc1Cl. The van der Waals surface area contributed by atoms with E-state index in [9.17, 15) is 4.79 Å². The summed E-state index contributed by atoms with van der Waals surface area (Å²) >= 11 is 6.00. The number of nitrogens with one attached hydrogen (secondary N) is 1. The first-order chi connectivity index (χ1) is 12.4. The van der Waals surface area contributed by atoms with Gasteiger partial charge in [-0.25, -0.2) is 0 Å². The maximum atomic E-state index is 12.2. The third-order valence-electron chi connectivity index (χ3n) is 4.40. The topological polar surface area (TPSA) is 38.3 Å². The second-order valence-electron chi connectivity index (χ2n) is 6.96. The van der Waals surface area contributed by atoms with E-state index < -0.39 is 6.10 Å². The van der Waals surface area contributed by atoms with Gasteiger partial charge in [0.05, 0.1) is 0 Å². The van der Waals surface area contributed by atoms with Crippen molar-refractivity contribution < 1.29 is 9.53 Å². The molecule has 1 N–H and O–H groups in total. The number of aryl methyl sites for hydroxylation is 2. The van der Waals surface area contributed by atoms with Crippen LogP contribution in [0.2, 0.25) is 5.02 Å². The molecule has 0 spiro atoms. The molecule has 140 valence electrons. The maximum Gasteiger partial charge on any atom is 0.260 e. The van der Waals surface area contributed by atoms with Crippen LogP contribution in [0.1, 0.15) is 49.8 Å². The molecule has 4 heteroatoms. The van der Waals surface area contributed by atoms with Gasteiger partial charge in [0.1, 0.15) is 5.75 Å². The van der Waals surface area contributed by atoms with E-state index in [0.717, 1.165) is 18.4 Å². The van der Waals surface area contributed by atoms with Crippen molar-refractivity contribution >= 4 is 17.5 Å². The number of halogens is 1. The summed E-state index contributed by atoms with van der Waals surface area (Å²) in [7, 11) is 0. The van der Waals surface area contributed by atoms with Gasteiger partial charge in [-0.1, -0.05) is 49.7 Å². The molecule has 26 heavy (non-hydrogen) atoms. The van der Waals surface area contributed by atoms with E-state index in [-0.39, 0.29) is 5.91 Å². The van der Waals surface area contributed by atoms with Gasteiger partial charge in [-0.05, 0) is 67.5 Å². The largest absolute Gasteiger partial charge is 0.481 e. The van der Waals surface area contributed by atoms with Crippen molar-refractivity contribution in [2.75, 3.05) is 6.54 Å². The van der Waals surface area contributed by atoms with Crippen molar-refractivity contribution in [3.63, 3.8) is 0 Å². The summed E-state index contributed by atoms with van der Waals surface area (Å²) < 4.78 is 5.69. The highest BCUT2D eigenvalue weighted by molar-refractivity contribution is 6.31. The zero-order valence-corrected chi connectivity index (χ0v) is 16.8. The van der Waals surface area contributed by atoms with E-state index in [1.807, 2.05) is 13.0 Å². The third-order valence-corrected chi connectivity index (χ3v) is 4.82. The number of carbonyl (C=O) groups is 1. The highest BCUT2D eigenvalue weighted by Crippen LogP contribution is 2.22. The number of benzene rings is 2. The standard InChI is InChI=1S/C22H28ClNO2/c1-15(2)19-9-7-18(8-10-19)6-5-13-24-22(25)17(4)26-20-11-12-21(23)16(3)14-20/h7-12,14-15,17H,5-6,13H2,1-4H3,(H,24,25). The maximum absolute atomic E-state index is 12.2. The van der Waals surface area contributed by atoms with Gasteiger partial charge >= 0.3 is 0 Å². The average Bonchev–Trinajstić information content (AvgIpc) is 2.62. The molecule has 2 aromatic carbocycles. The molecule has 1 unspecified atom stereocenters. The summed E-state index contributed by atoms with van der Waals surface area (Å²) in [6.07, 6.45) is 1.31. The molecule has 0 saturated carbocycles. The Labute approximate surface area is 161 Å². The molecule has 0 bridgehead atoms. The Morgan fingerprint density at radius 3 is 2.42 bits per heavy atom. The Bertz CT molecular complexity index is 725. The predicted octanol–water partition coefficient (Wildman–Crippen LogP) is 5.29. The van der Waals surface area contributed by atoms with Crippen LogP contribution in [-0.4, -0.2) is 18.6 Å². The van der Waals surface area contributed by atoms with Crippen molar-refractivity contribution in [1.29, 1.82) is 0 Å². The lowest BCUT2D eigenvalue weighted by Gasteiger charge is -2.15. The number of hydrogen-bond donors (Lipinski definition) is 1. The van der Waals surface area contributed by atoms with Crippen LogP contribution in [0.3, 0.4) is 0 Å². The minimum absolute atomic E-state index is 0.104. The summed E-state index contributed by atoms with van der Waals surface area (Å²) in [6.45, 7) is 8.69. The lowest BCUT2D eigenvalue weighted by molar-refractivity contribution is -0.127. The fourth-order valence-electron chi connectivity index (χ4n) is 2.67. The lowest BCUT2D eigenvalue weighted by atomic mass is 10.0. The van der Waals surface area contributed by atoms with E-state index in [1.165, 1.54) is 11.1 Å². The monoisotopic (exact) mass is 373 g/mol. The molecular weight excluding hydrogens is 346 g/mol. The van der Waals surface area contributed by atoms with Crippen molar-refractivity contribution in [2.45, 2.75) is 52.6 Å². The minimum Gasteiger partial charge on any atom is -0.481 e. The third kappa shape index (κ3) is 6.06. The number of carbonyl (C=O) groups excluding carboxylic acids is 1. The van der Waals surface area contributed by atoms with Crippen LogP contribution in [-0.2, 0) is 11.2 Å². The molecule has 0 aliphatic rings. The van der Waals surface area contributed by atoms with Crippen LogP contribution in [0.15, 0.2) is 42.5 Å². The zero-order valence-electron chi connectivity index (χ0n) is 16.0. The van der Waals surface area contributed by atoms with Gasteiger partial charge in [0, 0.05) is 11.6 Å². The van der Waals surface area contributed by atoms with E-state index in [2.05, 4.69) is 43.4 Å². The van der Waals surface area contributed by atoms with Gasteiger partial charge in [0.2, 0.25) is 0 Å². The second kappa shape index (κ2) is 9.63. The summed E-state index contributed by atoms with van der Waals surface area (Å²) in [6, 6.07) is 14.1. The molecule has 0 aromatic heterocycles. The fraction of sp³-hybridized carbons (Fsp3) is 0.409. The van der Waals surface area contributed by atoms with E-state index in [1.54, 1.807) is 19.1 Å². The lowest BCUT2D eigenvalue weighted by Crippen LogP contribution is -2.36.